The zero-order valence-electron chi connectivity index (χ0n) is 11.5. The molecule has 104 valence electrons. The number of aromatic nitrogens is 2. The number of nitrogens with one attached hydrogen (secondary N) is 1. The topological polar surface area (TPSA) is 75.1 Å². The number of aliphatic hydroxyl groups excluding tert-OH is 1. The fourth-order valence-corrected chi connectivity index (χ4v) is 1.85. The number of hydrogen-bond acceptors (Lipinski definition) is 4. The van der Waals surface area contributed by atoms with E-state index in [1.165, 1.54) is 6.33 Å². The first kappa shape index (κ1) is 14.1. The fourth-order valence-electron chi connectivity index (χ4n) is 1.85. The lowest BCUT2D eigenvalue weighted by Gasteiger charge is -2.12. The first-order chi connectivity index (χ1) is 9.56. The van der Waals surface area contributed by atoms with Gasteiger partial charge in [0.2, 0.25) is 0 Å². The molecule has 1 aromatic carbocycles. The molecule has 20 heavy (non-hydrogen) atoms. The van der Waals surface area contributed by atoms with Crippen molar-refractivity contribution in [3.05, 3.63) is 59.2 Å². The van der Waals surface area contributed by atoms with Crippen molar-refractivity contribution in [3.8, 4) is 0 Å². The van der Waals surface area contributed by atoms with E-state index in [-0.39, 0.29) is 12.5 Å². The van der Waals surface area contributed by atoms with E-state index in [4.69, 9.17) is 0 Å². The average Bonchev–Trinajstić information content (AvgIpc) is 2.44. The molecule has 0 aliphatic rings. The van der Waals surface area contributed by atoms with Crippen LogP contribution >= 0.6 is 0 Å². The summed E-state index contributed by atoms with van der Waals surface area (Å²) >= 11 is 0. The highest BCUT2D eigenvalue weighted by atomic mass is 16.3. The minimum absolute atomic E-state index is 0.144. The van der Waals surface area contributed by atoms with E-state index in [2.05, 4.69) is 15.3 Å². The Kier molecular flexibility index (Phi) is 4.42. The molecule has 2 N–H and O–H groups in total. The Morgan fingerprint density at radius 1 is 1.30 bits per heavy atom. The normalized spacial score (nSPS) is 11.9. The number of rotatable bonds is 4. The smallest absolute Gasteiger partial charge is 0.270 e. The molecule has 1 unspecified atom stereocenters. The van der Waals surface area contributed by atoms with E-state index in [0.717, 1.165) is 16.8 Å². The number of hydrogen-bond donors (Lipinski definition) is 2. The molecule has 0 radical (unpaired) electrons. The van der Waals surface area contributed by atoms with Crippen LogP contribution in [0.3, 0.4) is 0 Å². The molecule has 0 aliphatic carbocycles. The standard InChI is InChI=1S/C15H17N3O2/c1-10-4-3-5-12(6-10)14(19)8-16-15(20)13-7-11(2)17-9-18-13/h3-7,9,14,19H,8H2,1-2H3,(H,16,20). The van der Waals surface area contributed by atoms with Gasteiger partial charge in [0.05, 0.1) is 6.10 Å². The SMILES string of the molecule is Cc1cccc(C(O)CNC(=O)c2cc(C)ncn2)c1. The van der Waals surface area contributed by atoms with Crippen molar-refractivity contribution in [2.45, 2.75) is 20.0 Å². The summed E-state index contributed by atoms with van der Waals surface area (Å²) in [4.78, 5) is 19.7. The molecule has 1 atom stereocenters. The van der Waals surface area contributed by atoms with Crippen molar-refractivity contribution in [2.24, 2.45) is 0 Å². The van der Waals surface area contributed by atoms with Crippen molar-refractivity contribution in [2.75, 3.05) is 6.54 Å². The molecule has 1 heterocycles. The molecule has 1 amide bonds. The number of nitrogens with zero attached hydrogens (tertiary/aromatic N) is 2. The van der Waals surface area contributed by atoms with E-state index < -0.39 is 6.10 Å². The van der Waals surface area contributed by atoms with Crippen LogP contribution in [0.1, 0.15) is 33.4 Å². The number of carbonyl (C=O) groups is 1. The molecule has 0 saturated heterocycles. The highest BCUT2D eigenvalue weighted by molar-refractivity contribution is 5.92. The second kappa shape index (κ2) is 6.25. The summed E-state index contributed by atoms with van der Waals surface area (Å²) in [7, 11) is 0. The van der Waals surface area contributed by atoms with Crippen LogP contribution in [0.15, 0.2) is 36.7 Å². The van der Waals surface area contributed by atoms with Crippen molar-refractivity contribution in [1.29, 1.82) is 0 Å². The summed E-state index contributed by atoms with van der Waals surface area (Å²) in [6, 6.07) is 9.17. The summed E-state index contributed by atoms with van der Waals surface area (Å²) in [5.74, 6) is -0.317. The zero-order valence-corrected chi connectivity index (χ0v) is 11.5. The van der Waals surface area contributed by atoms with Crippen LogP contribution < -0.4 is 5.32 Å². The lowest BCUT2D eigenvalue weighted by Crippen LogP contribution is -2.29. The predicted molar refractivity (Wildman–Crippen MR) is 75.2 cm³/mol. The van der Waals surface area contributed by atoms with Crippen molar-refractivity contribution < 1.29 is 9.90 Å². The molecule has 2 aromatic rings. The van der Waals surface area contributed by atoms with Crippen LogP contribution in [0.2, 0.25) is 0 Å². The molecule has 0 saturated carbocycles. The number of amides is 1. The lowest BCUT2D eigenvalue weighted by molar-refractivity contribution is 0.0911. The van der Waals surface area contributed by atoms with Gasteiger partial charge in [-0.05, 0) is 25.5 Å². The van der Waals surface area contributed by atoms with Crippen LogP contribution in [-0.4, -0.2) is 27.5 Å². The van der Waals surface area contributed by atoms with Gasteiger partial charge in [0.1, 0.15) is 12.0 Å². The summed E-state index contributed by atoms with van der Waals surface area (Å²) in [6.45, 7) is 3.89. The number of aliphatic hydroxyl groups is 1. The zero-order chi connectivity index (χ0) is 14.5. The monoisotopic (exact) mass is 271 g/mol. The first-order valence-corrected chi connectivity index (χ1v) is 6.38. The van der Waals surface area contributed by atoms with E-state index >= 15 is 0 Å². The van der Waals surface area contributed by atoms with Crippen LogP contribution in [-0.2, 0) is 0 Å². The molecule has 5 heteroatoms. The van der Waals surface area contributed by atoms with Gasteiger partial charge in [0, 0.05) is 12.2 Å². The Balaban J connectivity index is 1.96. The molecular formula is C15H17N3O2. The van der Waals surface area contributed by atoms with Crippen LogP contribution in [0, 0.1) is 13.8 Å². The lowest BCUT2D eigenvalue weighted by atomic mass is 10.1. The Bertz CT molecular complexity index is 614. The summed E-state index contributed by atoms with van der Waals surface area (Å²) in [5, 5.41) is 12.7. The Morgan fingerprint density at radius 3 is 2.80 bits per heavy atom. The third-order valence-electron chi connectivity index (χ3n) is 2.92. The van der Waals surface area contributed by atoms with Gasteiger partial charge >= 0.3 is 0 Å². The molecule has 1 aromatic heterocycles. The first-order valence-electron chi connectivity index (χ1n) is 6.38. The van der Waals surface area contributed by atoms with Gasteiger partial charge in [-0.1, -0.05) is 29.8 Å². The average molecular weight is 271 g/mol. The third kappa shape index (κ3) is 3.61. The van der Waals surface area contributed by atoms with Gasteiger partial charge in [-0.3, -0.25) is 4.79 Å². The van der Waals surface area contributed by atoms with E-state index in [1.807, 2.05) is 31.2 Å². The molecule has 2 rings (SSSR count). The van der Waals surface area contributed by atoms with Gasteiger partial charge in [-0.25, -0.2) is 9.97 Å². The molecule has 5 nitrogen and oxygen atoms in total. The van der Waals surface area contributed by atoms with Gasteiger partial charge in [0.25, 0.3) is 5.91 Å². The number of aryl methyl sites for hydroxylation is 2. The molecule has 0 spiro atoms. The van der Waals surface area contributed by atoms with E-state index in [9.17, 15) is 9.90 Å². The second-order valence-electron chi connectivity index (χ2n) is 4.68. The van der Waals surface area contributed by atoms with Crippen molar-refractivity contribution in [3.63, 3.8) is 0 Å². The molecule has 0 aliphatic heterocycles. The van der Waals surface area contributed by atoms with Crippen LogP contribution in [0.25, 0.3) is 0 Å². The maximum atomic E-state index is 11.9. The highest BCUT2D eigenvalue weighted by Gasteiger charge is 2.12. The van der Waals surface area contributed by atoms with Crippen LogP contribution in [0.4, 0.5) is 0 Å². The van der Waals surface area contributed by atoms with Crippen molar-refractivity contribution >= 4 is 5.91 Å². The van der Waals surface area contributed by atoms with Crippen molar-refractivity contribution in [1.82, 2.24) is 15.3 Å². The minimum Gasteiger partial charge on any atom is -0.387 e. The number of carbonyl (C=O) groups excluding carboxylic acids is 1. The molecular weight excluding hydrogens is 254 g/mol. The highest BCUT2D eigenvalue weighted by Crippen LogP contribution is 2.13. The largest absolute Gasteiger partial charge is 0.387 e. The third-order valence-corrected chi connectivity index (χ3v) is 2.92. The summed E-state index contributed by atoms with van der Waals surface area (Å²) in [5.41, 5.74) is 2.88. The quantitative estimate of drug-likeness (QED) is 0.885. The van der Waals surface area contributed by atoms with Crippen LogP contribution in [0.5, 0.6) is 0 Å². The Labute approximate surface area is 117 Å². The van der Waals surface area contributed by atoms with E-state index in [1.54, 1.807) is 13.0 Å². The van der Waals surface area contributed by atoms with Gasteiger partial charge in [-0.15, -0.1) is 0 Å². The summed E-state index contributed by atoms with van der Waals surface area (Å²) < 4.78 is 0. The summed E-state index contributed by atoms with van der Waals surface area (Å²) in [6.07, 6.45) is 0.614. The van der Waals surface area contributed by atoms with Gasteiger partial charge in [0.15, 0.2) is 0 Å². The second-order valence-corrected chi connectivity index (χ2v) is 4.68. The maximum Gasteiger partial charge on any atom is 0.270 e. The minimum atomic E-state index is -0.734. The maximum absolute atomic E-state index is 11.9. The Morgan fingerprint density at radius 2 is 2.10 bits per heavy atom. The molecule has 0 bridgehead atoms. The van der Waals surface area contributed by atoms with Gasteiger partial charge < -0.3 is 10.4 Å². The Hall–Kier alpha value is -2.27. The molecule has 0 fully saturated rings. The predicted octanol–water partition coefficient (Wildman–Crippen LogP) is 1.56. The van der Waals surface area contributed by atoms with Gasteiger partial charge in [-0.2, -0.15) is 0 Å². The fraction of sp³-hybridized carbons (Fsp3) is 0.267. The van der Waals surface area contributed by atoms with E-state index in [0.29, 0.717) is 5.69 Å². The number of benzene rings is 1.